The fourth-order valence-corrected chi connectivity index (χ4v) is 5.95. The van der Waals surface area contributed by atoms with Crippen molar-refractivity contribution in [2.75, 3.05) is 25.6 Å². The molecule has 4 rings (SSSR count). The van der Waals surface area contributed by atoms with E-state index in [1.165, 1.54) is 18.4 Å². The average Bonchev–Trinajstić information content (AvgIpc) is 3.28. The number of rotatable bonds is 7. The maximum absolute atomic E-state index is 13.2. The fraction of sp³-hybridized carbons (Fsp3) is 0.440. The summed E-state index contributed by atoms with van der Waals surface area (Å²) in [4.78, 5) is 53.5. The number of carbonyl (C=O) groups excluding carboxylic acids is 4. The lowest BCUT2D eigenvalue weighted by Crippen LogP contribution is -2.42. The summed E-state index contributed by atoms with van der Waals surface area (Å²) < 4.78 is 10.5. The summed E-state index contributed by atoms with van der Waals surface area (Å²) >= 11 is 1.36. The largest absolute Gasteiger partial charge is 0.497 e. The van der Waals surface area contributed by atoms with E-state index in [1.54, 1.807) is 38.1 Å². The van der Waals surface area contributed by atoms with Crippen LogP contribution in [-0.2, 0) is 32.7 Å². The first-order valence-electron chi connectivity index (χ1n) is 11.6. The highest BCUT2D eigenvalue weighted by atomic mass is 32.1. The van der Waals surface area contributed by atoms with Gasteiger partial charge in [-0.05, 0) is 62.3 Å². The van der Waals surface area contributed by atoms with Crippen LogP contribution < -0.4 is 15.4 Å². The van der Waals surface area contributed by atoms with Crippen LogP contribution in [0.1, 0.15) is 53.6 Å². The van der Waals surface area contributed by atoms with Crippen LogP contribution in [0.15, 0.2) is 24.3 Å². The Morgan fingerprint density at radius 2 is 2.09 bits per heavy atom. The first-order valence-corrected chi connectivity index (χ1v) is 12.4. The van der Waals surface area contributed by atoms with Crippen molar-refractivity contribution in [3.63, 3.8) is 0 Å². The van der Waals surface area contributed by atoms with Crippen LogP contribution in [0.5, 0.6) is 5.75 Å². The van der Waals surface area contributed by atoms with Crippen LogP contribution >= 0.6 is 11.3 Å². The number of fused-ring (bicyclic) bond motifs is 1. The lowest BCUT2D eigenvalue weighted by Gasteiger charge is -2.22. The Morgan fingerprint density at radius 3 is 2.80 bits per heavy atom. The van der Waals surface area contributed by atoms with E-state index in [9.17, 15) is 19.2 Å². The molecule has 35 heavy (non-hydrogen) atoms. The van der Waals surface area contributed by atoms with Crippen molar-refractivity contribution in [3.05, 3.63) is 45.8 Å². The fourth-order valence-electron chi connectivity index (χ4n) is 4.54. The number of amides is 4. The van der Waals surface area contributed by atoms with E-state index in [1.807, 2.05) is 0 Å². The third kappa shape index (κ3) is 4.62. The molecule has 2 aromatic rings. The average molecular weight is 500 g/mol. The zero-order valence-corrected chi connectivity index (χ0v) is 21.0. The summed E-state index contributed by atoms with van der Waals surface area (Å²) in [5, 5.41) is 5.85. The van der Waals surface area contributed by atoms with Crippen molar-refractivity contribution in [2.24, 2.45) is 5.92 Å². The van der Waals surface area contributed by atoms with Gasteiger partial charge >= 0.3 is 12.0 Å². The van der Waals surface area contributed by atoms with Gasteiger partial charge in [-0.2, -0.15) is 0 Å². The highest BCUT2D eigenvalue weighted by Gasteiger charge is 2.49. The number of carbonyl (C=O) groups is 4. The molecule has 1 aromatic heterocycles. The van der Waals surface area contributed by atoms with Gasteiger partial charge < -0.3 is 20.1 Å². The van der Waals surface area contributed by atoms with Gasteiger partial charge in [0.2, 0.25) is 5.91 Å². The highest BCUT2D eigenvalue weighted by Crippen LogP contribution is 2.40. The van der Waals surface area contributed by atoms with Gasteiger partial charge in [0.05, 0.1) is 19.3 Å². The molecule has 1 aliphatic carbocycles. The number of benzene rings is 1. The predicted molar refractivity (Wildman–Crippen MR) is 131 cm³/mol. The number of esters is 1. The molecule has 2 N–H and O–H groups in total. The Hall–Kier alpha value is -3.40. The van der Waals surface area contributed by atoms with E-state index in [0.717, 1.165) is 34.6 Å². The summed E-state index contributed by atoms with van der Waals surface area (Å²) in [6.07, 6.45) is 2.52. The van der Waals surface area contributed by atoms with Gasteiger partial charge in [-0.3, -0.25) is 14.5 Å². The van der Waals surface area contributed by atoms with Crippen molar-refractivity contribution in [3.8, 4) is 5.75 Å². The number of anilines is 1. The Bertz CT molecular complexity index is 1190. The van der Waals surface area contributed by atoms with Gasteiger partial charge in [-0.1, -0.05) is 19.1 Å². The quantitative estimate of drug-likeness (QED) is 0.446. The van der Waals surface area contributed by atoms with Crippen LogP contribution in [0, 0.1) is 5.92 Å². The minimum absolute atomic E-state index is 0.221. The Balaban J connectivity index is 1.54. The van der Waals surface area contributed by atoms with Gasteiger partial charge in [0.15, 0.2) is 0 Å². The molecule has 0 radical (unpaired) electrons. The zero-order chi connectivity index (χ0) is 25.3. The topological polar surface area (TPSA) is 114 Å². The van der Waals surface area contributed by atoms with Gasteiger partial charge in [0.1, 0.15) is 22.8 Å². The van der Waals surface area contributed by atoms with Crippen molar-refractivity contribution in [1.29, 1.82) is 0 Å². The van der Waals surface area contributed by atoms with Crippen LogP contribution in [0.25, 0.3) is 0 Å². The molecule has 0 bridgehead atoms. The van der Waals surface area contributed by atoms with Crippen molar-refractivity contribution in [1.82, 2.24) is 10.2 Å². The number of thiophene rings is 1. The molecular formula is C25H29N3O6S. The van der Waals surface area contributed by atoms with Crippen molar-refractivity contribution < 1.29 is 28.7 Å². The number of ether oxygens (including phenoxy) is 2. The number of nitrogens with zero attached hydrogens (tertiary/aromatic N) is 1. The van der Waals surface area contributed by atoms with E-state index in [2.05, 4.69) is 17.6 Å². The molecule has 2 heterocycles. The Morgan fingerprint density at radius 1 is 1.31 bits per heavy atom. The van der Waals surface area contributed by atoms with Gasteiger partial charge in [-0.15, -0.1) is 11.3 Å². The number of imide groups is 1. The van der Waals surface area contributed by atoms with E-state index in [4.69, 9.17) is 9.47 Å². The molecular weight excluding hydrogens is 470 g/mol. The second kappa shape index (κ2) is 9.69. The Labute approximate surface area is 207 Å². The maximum atomic E-state index is 13.2. The molecule has 2 atom stereocenters. The molecule has 1 saturated heterocycles. The third-order valence-corrected chi connectivity index (χ3v) is 7.64. The molecule has 4 amide bonds. The van der Waals surface area contributed by atoms with Gasteiger partial charge in [-0.25, -0.2) is 9.59 Å². The van der Waals surface area contributed by atoms with Gasteiger partial charge in [0, 0.05) is 4.88 Å². The number of hydrogen-bond donors (Lipinski definition) is 2. The van der Waals surface area contributed by atoms with Crippen LogP contribution in [0.4, 0.5) is 9.80 Å². The van der Waals surface area contributed by atoms with E-state index < -0.39 is 35.9 Å². The highest BCUT2D eigenvalue weighted by molar-refractivity contribution is 7.17. The van der Waals surface area contributed by atoms with Crippen LogP contribution in [0.2, 0.25) is 0 Å². The third-order valence-electron chi connectivity index (χ3n) is 6.47. The predicted octanol–water partition coefficient (Wildman–Crippen LogP) is 3.46. The monoisotopic (exact) mass is 499 g/mol. The molecule has 2 aliphatic rings. The molecule has 10 heteroatoms. The molecule has 9 nitrogen and oxygen atoms in total. The standard InChI is InChI=1S/C25H29N3O6S/c1-5-34-22(30)20-17-10-9-14(2)11-18(17)35-21(20)26-19(29)13-28-23(31)25(3,27-24(28)32)15-7-6-8-16(12-15)33-4/h6-8,12,14H,5,9-11,13H2,1-4H3,(H,26,29)(H,27,32)/t14-,25-/m1/s1. The molecule has 0 saturated carbocycles. The second-order valence-corrected chi connectivity index (χ2v) is 10.1. The van der Waals surface area contributed by atoms with E-state index >= 15 is 0 Å². The lowest BCUT2D eigenvalue weighted by molar-refractivity contribution is -0.133. The summed E-state index contributed by atoms with van der Waals surface area (Å²) in [6.45, 7) is 5.22. The maximum Gasteiger partial charge on any atom is 0.341 e. The minimum atomic E-state index is -1.33. The molecule has 186 valence electrons. The van der Waals surface area contributed by atoms with E-state index in [-0.39, 0.29) is 6.61 Å². The number of urea groups is 1. The van der Waals surface area contributed by atoms with Crippen LogP contribution in [0.3, 0.4) is 0 Å². The van der Waals surface area contributed by atoms with Crippen molar-refractivity contribution >= 4 is 40.2 Å². The molecule has 0 spiro atoms. The summed E-state index contributed by atoms with van der Waals surface area (Å²) in [7, 11) is 1.51. The molecule has 1 aliphatic heterocycles. The molecule has 1 fully saturated rings. The van der Waals surface area contributed by atoms with E-state index in [0.29, 0.717) is 27.8 Å². The van der Waals surface area contributed by atoms with Gasteiger partial charge in [0.25, 0.3) is 5.91 Å². The summed E-state index contributed by atoms with van der Waals surface area (Å²) in [5.41, 5.74) is 0.510. The number of methoxy groups -OCH3 is 1. The van der Waals surface area contributed by atoms with Crippen LogP contribution in [-0.4, -0.2) is 49.0 Å². The molecule has 1 aromatic carbocycles. The number of nitrogens with one attached hydrogen (secondary N) is 2. The zero-order valence-electron chi connectivity index (χ0n) is 20.2. The smallest absolute Gasteiger partial charge is 0.341 e. The Kier molecular flexibility index (Phi) is 6.84. The SMILES string of the molecule is CCOC(=O)c1c(NC(=O)CN2C(=O)N[C@](C)(c3cccc(OC)c3)C2=O)sc2c1CC[C@@H](C)C2. The first-order chi connectivity index (χ1) is 16.7. The summed E-state index contributed by atoms with van der Waals surface area (Å²) in [5.74, 6) is -0.559. The minimum Gasteiger partial charge on any atom is -0.497 e. The molecule has 0 unspecified atom stereocenters. The normalized spacial score (nSPS) is 21.4. The summed E-state index contributed by atoms with van der Waals surface area (Å²) in [6, 6.07) is 6.18. The van der Waals surface area contributed by atoms with Crippen molar-refractivity contribution in [2.45, 2.75) is 45.6 Å². The number of hydrogen-bond acceptors (Lipinski definition) is 7. The first kappa shape index (κ1) is 24.7. The lowest BCUT2D eigenvalue weighted by atomic mass is 9.88. The second-order valence-electron chi connectivity index (χ2n) is 9.00.